The van der Waals surface area contributed by atoms with Crippen molar-refractivity contribution in [3.8, 4) is 0 Å². The monoisotopic (exact) mass is 332 g/mol. The first-order chi connectivity index (χ1) is 11.1. The van der Waals surface area contributed by atoms with Crippen molar-refractivity contribution in [3.05, 3.63) is 64.7 Å². The van der Waals surface area contributed by atoms with E-state index in [0.717, 1.165) is 0 Å². The third kappa shape index (κ3) is 5.09. The summed E-state index contributed by atoms with van der Waals surface area (Å²) in [5.74, 6) is -0.487. The van der Waals surface area contributed by atoms with E-state index in [1.54, 1.807) is 48.5 Å². The fourth-order valence-electron chi connectivity index (χ4n) is 1.92. The zero-order chi connectivity index (χ0) is 16.7. The Hall–Kier alpha value is -2.37. The second-order valence-corrected chi connectivity index (χ2v) is 5.31. The third-order valence-corrected chi connectivity index (χ3v) is 3.35. The van der Waals surface area contributed by atoms with Gasteiger partial charge in [-0.1, -0.05) is 17.7 Å². The van der Waals surface area contributed by atoms with Crippen LogP contribution in [0.15, 0.2) is 48.5 Å². The number of carbonyl (C=O) groups excluding carboxylic acids is 2. The Kier molecular flexibility index (Phi) is 6.14. The maximum absolute atomic E-state index is 12.1. The van der Waals surface area contributed by atoms with E-state index in [0.29, 0.717) is 34.8 Å². The molecule has 0 atom stereocenters. The molecule has 23 heavy (non-hydrogen) atoms. The number of carbonyl (C=O) groups is 2. The van der Waals surface area contributed by atoms with Crippen LogP contribution in [-0.2, 0) is 0 Å². The van der Waals surface area contributed by atoms with Crippen molar-refractivity contribution in [1.29, 1.82) is 0 Å². The van der Waals surface area contributed by atoms with Crippen LogP contribution >= 0.6 is 11.6 Å². The fourth-order valence-corrected chi connectivity index (χ4v) is 2.11. The first kappa shape index (κ1) is 17.0. The average molecular weight is 333 g/mol. The van der Waals surface area contributed by atoms with Crippen LogP contribution in [-0.4, -0.2) is 30.1 Å². The van der Waals surface area contributed by atoms with E-state index in [1.165, 1.54) is 0 Å². The molecule has 2 rings (SSSR count). The molecule has 0 unspecified atom stereocenters. The predicted octanol–water partition coefficient (Wildman–Crippen LogP) is 2.70. The van der Waals surface area contributed by atoms with Crippen LogP contribution in [0.2, 0.25) is 5.02 Å². The van der Waals surface area contributed by atoms with Crippen LogP contribution in [0.1, 0.15) is 27.1 Å². The standard InChI is InChI=1S/C17H17ClN2O3/c18-14-4-1-3-13(11-14)17(23)20-15-7-5-12(6-8-15)16(22)19-9-2-10-21/h1,3-8,11,21H,2,9-10H2,(H,19,22)(H,20,23). The molecule has 0 aliphatic carbocycles. The lowest BCUT2D eigenvalue weighted by Gasteiger charge is -2.07. The van der Waals surface area contributed by atoms with Gasteiger partial charge in [-0.3, -0.25) is 9.59 Å². The molecule has 2 amide bonds. The SMILES string of the molecule is O=C(NCCCO)c1ccc(NC(=O)c2cccc(Cl)c2)cc1. The normalized spacial score (nSPS) is 10.2. The second kappa shape index (κ2) is 8.31. The molecule has 0 fully saturated rings. The number of nitrogens with one attached hydrogen (secondary N) is 2. The summed E-state index contributed by atoms with van der Waals surface area (Å²) in [6, 6.07) is 13.2. The molecule has 5 nitrogen and oxygen atoms in total. The quantitative estimate of drug-likeness (QED) is 0.712. The molecule has 0 saturated carbocycles. The number of hydrogen-bond acceptors (Lipinski definition) is 3. The van der Waals surface area contributed by atoms with Crippen molar-refractivity contribution in [1.82, 2.24) is 5.32 Å². The minimum Gasteiger partial charge on any atom is -0.396 e. The van der Waals surface area contributed by atoms with Crippen molar-refractivity contribution in [3.63, 3.8) is 0 Å². The Morgan fingerprint density at radius 3 is 2.39 bits per heavy atom. The third-order valence-electron chi connectivity index (χ3n) is 3.11. The number of hydrogen-bond donors (Lipinski definition) is 3. The summed E-state index contributed by atoms with van der Waals surface area (Å²) >= 11 is 5.86. The van der Waals surface area contributed by atoms with Crippen LogP contribution in [0.4, 0.5) is 5.69 Å². The molecule has 3 N–H and O–H groups in total. The van der Waals surface area contributed by atoms with Crippen molar-refractivity contribution < 1.29 is 14.7 Å². The first-order valence-corrected chi connectivity index (χ1v) is 7.54. The maximum Gasteiger partial charge on any atom is 0.255 e. The highest BCUT2D eigenvalue weighted by atomic mass is 35.5. The van der Waals surface area contributed by atoms with Crippen LogP contribution in [0.5, 0.6) is 0 Å². The maximum atomic E-state index is 12.1. The topological polar surface area (TPSA) is 78.4 Å². The molecule has 0 bridgehead atoms. The van der Waals surface area contributed by atoms with E-state index in [4.69, 9.17) is 16.7 Å². The lowest BCUT2D eigenvalue weighted by atomic mass is 10.1. The molecule has 2 aromatic carbocycles. The van der Waals surface area contributed by atoms with Crippen molar-refractivity contribution in [2.75, 3.05) is 18.5 Å². The van der Waals surface area contributed by atoms with Gasteiger partial charge in [0.1, 0.15) is 0 Å². The molecule has 6 heteroatoms. The Morgan fingerprint density at radius 1 is 1.00 bits per heavy atom. The summed E-state index contributed by atoms with van der Waals surface area (Å²) in [7, 11) is 0. The lowest BCUT2D eigenvalue weighted by molar-refractivity contribution is 0.0950. The Labute approximate surface area is 139 Å². The van der Waals surface area contributed by atoms with Crippen LogP contribution in [0.25, 0.3) is 0 Å². The minimum absolute atomic E-state index is 0.0365. The molecule has 0 saturated heterocycles. The molecule has 0 heterocycles. The van der Waals surface area contributed by atoms with Gasteiger partial charge in [-0.25, -0.2) is 0 Å². The van der Waals surface area contributed by atoms with Gasteiger partial charge in [-0.15, -0.1) is 0 Å². The van der Waals surface area contributed by atoms with Gasteiger partial charge >= 0.3 is 0 Å². The molecular weight excluding hydrogens is 316 g/mol. The number of anilines is 1. The second-order valence-electron chi connectivity index (χ2n) is 4.87. The van der Waals surface area contributed by atoms with Gasteiger partial charge < -0.3 is 15.7 Å². The summed E-state index contributed by atoms with van der Waals surface area (Å²) in [6.45, 7) is 0.456. The van der Waals surface area contributed by atoms with Crippen LogP contribution in [0.3, 0.4) is 0 Å². The molecule has 0 radical (unpaired) electrons. The average Bonchev–Trinajstić information content (AvgIpc) is 2.55. The van der Waals surface area contributed by atoms with Gasteiger partial charge in [-0.05, 0) is 48.9 Å². The van der Waals surface area contributed by atoms with Gasteiger partial charge in [0.2, 0.25) is 0 Å². The molecule has 0 aliphatic rings. The smallest absolute Gasteiger partial charge is 0.255 e. The number of halogens is 1. The van der Waals surface area contributed by atoms with Crippen molar-refractivity contribution in [2.45, 2.75) is 6.42 Å². The zero-order valence-electron chi connectivity index (χ0n) is 12.4. The highest BCUT2D eigenvalue weighted by Gasteiger charge is 2.08. The first-order valence-electron chi connectivity index (χ1n) is 7.16. The Balaban J connectivity index is 1.97. The largest absolute Gasteiger partial charge is 0.396 e. The van der Waals surface area contributed by atoms with E-state index in [-0.39, 0.29) is 18.4 Å². The number of aliphatic hydroxyl groups is 1. The van der Waals surface area contributed by atoms with Gasteiger partial charge in [-0.2, -0.15) is 0 Å². The summed E-state index contributed by atoms with van der Waals surface area (Å²) in [5.41, 5.74) is 1.54. The highest BCUT2D eigenvalue weighted by molar-refractivity contribution is 6.31. The predicted molar refractivity (Wildman–Crippen MR) is 89.9 cm³/mol. The van der Waals surface area contributed by atoms with E-state index in [2.05, 4.69) is 10.6 Å². The van der Waals surface area contributed by atoms with E-state index >= 15 is 0 Å². The van der Waals surface area contributed by atoms with E-state index in [1.807, 2.05) is 0 Å². The minimum atomic E-state index is -0.271. The van der Waals surface area contributed by atoms with Gasteiger partial charge in [0.05, 0.1) is 0 Å². The van der Waals surface area contributed by atoms with Crippen molar-refractivity contribution in [2.24, 2.45) is 0 Å². The molecule has 0 spiro atoms. The zero-order valence-corrected chi connectivity index (χ0v) is 13.1. The number of amides is 2. The van der Waals surface area contributed by atoms with Gasteiger partial charge in [0.25, 0.3) is 11.8 Å². The van der Waals surface area contributed by atoms with Gasteiger partial charge in [0.15, 0.2) is 0 Å². The van der Waals surface area contributed by atoms with Crippen LogP contribution < -0.4 is 10.6 Å². The van der Waals surface area contributed by atoms with Gasteiger partial charge in [0, 0.05) is 35.0 Å². The number of aliphatic hydroxyl groups excluding tert-OH is 1. The molecule has 120 valence electrons. The van der Waals surface area contributed by atoms with Crippen molar-refractivity contribution >= 4 is 29.1 Å². The summed E-state index contributed by atoms with van der Waals surface area (Å²) in [4.78, 5) is 23.9. The molecule has 2 aromatic rings. The van der Waals surface area contributed by atoms with Crippen LogP contribution in [0, 0.1) is 0 Å². The lowest BCUT2D eigenvalue weighted by Crippen LogP contribution is -2.25. The number of benzene rings is 2. The summed E-state index contributed by atoms with van der Waals surface area (Å²) in [6.07, 6.45) is 0.513. The molecule has 0 aliphatic heterocycles. The molecular formula is C17H17ClN2O3. The Morgan fingerprint density at radius 2 is 1.74 bits per heavy atom. The fraction of sp³-hybridized carbons (Fsp3) is 0.176. The van der Waals surface area contributed by atoms with E-state index in [9.17, 15) is 9.59 Å². The summed E-state index contributed by atoms with van der Waals surface area (Å²) < 4.78 is 0. The summed E-state index contributed by atoms with van der Waals surface area (Å²) in [5, 5.41) is 14.6. The Bertz CT molecular complexity index is 686. The highest BCUT2D eigenvalue weighted by Crippen LogP contribution is 2.14. The molecule has 0 aromatic heterocycles. The number of rotatable bonds is 6. The van der Waals surface area contributed by atoms with E-state index < -0.39 is 0 Å².